The lowest BCUT2D eigenvalue weighted by atomic mass is 10.00. The van der Waals surface area contributed by atoms with Gasteiger partial charge in [0.15, 0.2) is 0 Å². The number of esters is 1. The molecule has 0 spiro atoms. The van der Waals surface area contributed by atoms with Crippen LogP contribution in [0.4, 0.5) is 0 Å². The molecular formula is C12H23NO4S2. The third-order valence-corrected chi connectivity index (χ3v) is 6.48. The van der Waals surface area contributed by atoms with Crippen LogP contribution in [0.2, 0.25) is 0 Å². The van der Waals surface area contributed by atoms with Gasteiger partial charge in [-0.3, -0.25) is 4.79 Å². The first-order valence-electron chi connectivity index (χ1n) is 6.48. The van der Waals surface area contributed by atoms with E-state index in [4.69, 9.17) is 5.73 Å². The molecule has 5 nitrogen and oxygen atoms in total. The minimum absolute atomic E-state index is 0.201. The number of hydrogen-bond donors (Lipinski definition) is 1. The first kappa shape index (κ1) is 16.8. The molecule has 19 heavy (non-hydrogen) atoms. The van der Waals surface area contributed by atoms with Crippen molar-refractivity contribution in [2.75, 3.05) is 19.1 Å². The number of carbonyl (C=O) groups excluding carboxylic acids is 1. The van der Waals surface area contributed by atoms with E-state index >= 15 is 0 Å². The van der Waals surface area contributed by atoms with Crippen molar-refractivity contribution in [3.63, 3.8) is 0 Å². The summed E-state index contributed by atoms with van der Waals surface area (Å²) in [6.07, 6.45) is 5.38. The van der Waals surface area contributed by atoms with Crippen LogP contribution >= 0.6 is 11.8 Å². The fraction of sp³-hybridized carbons (Fsp3) is 0.917. The molecule has 7 heteroatoms. The van der Waals surface area contributed by atoms with Crippen molar-refractivity contribution in [3.8, 4) is 0 Å². The third-order valence-electron chi connectivity index (χ3n) is 3.47. The number of hydrogen-bond acceptors (Lipinski definition) is 6. The van der Waals surface area contributed by atoms with Gasteiger partial charge in [-0.05, 0) is 31.4 Å². The molecule has 112 valence electrons. The van der Waals surface area contributed by atoms with Crippen molar-refractivity contribution < 1.29 is 17.9 Å². The first-order valence-corrected chi connectivity index (χ1v) is 9.48. The normalized spacial score (nSPS) is 25.8. The zero-order valence-corrected chi connectivity index (χ0v) is 13.1. The number of methoxy groups -OCH3 is 1. The van der Waals surface area contributed by atoms with E-state index < -0.39 is 21.8 Å². The molecule has 0 bridgehead atoms. The summed E-state index contributed by atoms with van der Waals surface area (Å²) < 4.78 is 27.7. The molecule has 0 aliphatic heterocycles. The zero-order valence-electron chi connectivity index (χ0n) is 11.5. The van der Waals surface area contributed by atoms with Crippen molar-refractivity contribution in [1.29, 1.82) is 0 Å². The Kier molecular flexibility index (Phi) is 6.62. The molecule has 3 atom stereocenters. The SMILES string of the molecule is COC(=O)C(N)CCSC1CCCC(S(C)(=O)=O)C1. The number of ether oxygens (including phenoxy) is 1. The molecule has 0 radical (unpaired) electrons. The van der Waals surface area contributed by atoms with Crippen molar-refractivity contribution in [2.45, 2.75) is 48.6 Å². The van der Waals surface area contributed by atoms with Gasteiger partial charge in [0.05, 0.1) is 12.4 Å². The molecule has 1 aliphatic rings. The second kappa shape index (κ2) is 7.50. The highest BCUT2D eigenvalue weighted by Crippen LogP contribution is 2.32. The molecule has 1 saturated carbocycles. The second-order valence-corrected chi connectivity index (χ2v) is 8.76. The summed E-state index contributed by atoms with van der Waals surface area (Å²) in [5, 5.41) is 0.159. The number of carbonyl (C=O) groups is 1. The van der Waals surface area contributed by atoms with Gasteiger partial charge in [0, 0.05) is 11.5 Å². The van der Waals surface area contributed by atoms with Crippen LogP contribution in [-0.2, 0) is 19.4 Å². The van der Waals surface area contributed by atoms with Crippen molar-refractivity contribution in [3.05, 3.63) is 0 Å². The third kappa shape index (κ3) is 5.71. The largest absolute Gasteiger partial charge is 0.468 e. The Labute approximate surface area is 119 Å². The molecule has 3 unspecified atom stereocenters. The van der Waals surface area contributed by atoms with Crippen LogP contribution in [0.3, 0.4) is 0 Å². The number of nitrogens with two attached hydrogens (primary N) is 1. The van der Waals surface area contributed by atoms with Gasteiger partial charge in [-0.1, -0.05) is 6.42 Å². The smallest absolute Gasteiger partial charge is 0.322 e. The zero-order chi connectivity index (χ0) is 14.5. The molecule has 0 aromatic carbocycles. The van der Waals surface area contributed by atoms with Gasteiger partial charge in [-0.2, -0.15) is 11.8 Å². The van der Waals surface area contributed by atoms with E-state index in [0.29, 0.717) is 11.7 Å². The van der Waals surface area contributed by atoms with E-state index in [9.17, 15) is 13.2 Å². The van der Waals surface area contributed by atoms with E-state index in [-0.39, 0.29) is 5.25 Å². The quantitative estimate of drug-likeness (QED) is 0.736. The van der Waals surface area contributed by atoms with Crippen LogP contribution in [0.5, 0.6) is 0 Å². The summed E-state index contributed by atoms with van der Waals surface area (Å²) in [6.45, 7) is 0. The van der Waals surface area contributed by atoms with E-state index in [0.717, 1.165) is 31.4 Å². The molecule has 0 heterocycles. The number of sulfone groups is 1. The second-order valence-electron chi connectivity index (χ2n) is 5.03. The minimum Gasteiger partial charge on any atom is -0.468 e. The van der Waals surface area contributed by atoms with Gasteiger partial charge in [-0.25, -0.2) is 8.42 Å². The summed E-state index contributed by atoms with van der Waals surface area (Å²) in [4.78, 5) is 11.1. The average Bonchev–Trinajstić information content (AvgIpc) is 2.37. The lowest BCUT2D eigenvalue weighted by Crippen LogP contribution is -2.32. The van der Waals surface area contributed by atoms with Crippen molar-refractivity contribution >= 4 is 27.6 Å². The maximum absolute atomic E-state index is 11.6. The van der Waals surface area contributed by atoms with Crippen LogP contribution in [0.25, 0.3) is 0 Å². The van der Waals surface area contributed by atoms with Crippen LogP contribution in [0.1, 0.15) is 32.1 Å². The molecule has 0 amide bonds. The Balaban J connectivity index is 2.32. The van der Waals surface area contributed by atoms with Crippen LogP contribution < -0.4 is 5.73 Å². The molecule has 1 aliphatic carbocycles. The highest BCUT2D eigenvalue weighted by atomic mass is 32.2. The molecule has 2 N–H and O–H groups in total. The van der Waals surface area contributed by atoms with E-state index in [1.165, 1.54) is 13.4 Å². The van der Waals surface area contributed by atoms with E-state index in [1.54, 1.807) is 11.8 Å². The minimum atomic E-state index is -2.93. The summed E-state index contributed by atoms with van der Waals surface area (Å²) >= 11 is 1.72. The molecule has 1 fully saturated rings. The van der Waals surface area contributed by atoms with Gasteiger partial charge >= 0.3 is 5.97 Å². The van der Waals surface area contributed by atoms with Gasteiger partial charge < -0.3 is 10.5 Å². The molecule has 0 saturated heterocycles. The molecule has 1 rings (SSSR count). The highest BCUT2D eigenvalue weighted by molar-refractivity contribution is 8.00. The first-order chi connectivity index (χ1) is 8.84. The number of rotatable bonds is 6. The predicted octanol–water partition coefficient (Wildman–Crippen LogP) is 0.966. The van der Waals surface area contributed by atoms with Crippen molar-refractivity contribution in [1.82, 2.24) is 0 Å². The van der Waals surface area contributed by atoms with Gasteiger partial charge in [-0.15, -0.1) is 0 Å². The predicted molar refractivity (Wildman–Crippen MR) is 78.0 cm³/mol. The van der Waals surface area contributed by atoms with Gasteiger partial charge in [0.1, 0.15) is 15.9 Å². The van der Waals surface area contributed by atoms with Gasteiger partial charge in [0.25, 0.3) is 0 Å². The van der Waals surface area contributed by atoms with Gasteiger partial charge in [0.2, 0.25) is 0 Å². The lowest BCUT2D eigenvalue weighted by Gasteiger charge is -2.27. The Bertz CT molecular complexity index is 397. The standard InChI is InChI=1S/C12H23NO4S2/c1-17-12(14)11(13)6-7-18-9-4-3-5-10(8-9)19(2,15)16/h9-11H,3-8,13H2,1-2H3. The monoisotopic (exact) mass is 309 g/mol. The average molecular weight is 309 g/mol. The van der Waals surface area contributed by atoms with Crippen LogP contribution in [0.15, 0.2) is 0 Å². The van der Waals surface area contributed by atoms with Crippen molar-refractivity contribution in [2.24, 2.45) is 5.73 Å². The molecule has 0 aromatic heterocycles. The number of thioether (sulfide) groups is 1. The Morgan fingerprint density at radius 2 is 2.16 bits per heavy atom. The van der Waals surface area contributed by atoms with Crippen LogP contribution in [-0.4, -0.2) is 50.0 Å². The maximum Gasteiger partial charge on any atom is 0.322 e. The molecule has 0 aromatic rings. The topological polar surface area (TPSA) is 86.5 Å². The Hall–Kier alpha value is -0.270. The Morgan fingerprint density at radius 3 is 2.74 bits per heavy atom. The van der Waals surface area contributed by atoms with E-state index in [1.807, 2.05) is 0 Å². The fourth-order valence-corrected chi connectivity index (χ4v) is 5.00. The van der Waals surface area contributed by atoms with E-state index in [2.05, 4.69) is 4.74 Å². The lowest BCUT2D eigenvalue weighted by molar-refractivity contribution is -0.142. The highest BCUT2D eigenvalue weighted by Gasteiger charge is 2.29. The summed E-state index contributed by atoms with van der Waals surface area (Å²) in [5.41, 5.74) is 5.66. The Morgan fingerprint density at radius 1 is 1.47 bits per heavy atom. The summed E-state index contributed by atoms with van der Waals surface area (Å²) in [6, 6.07) is -0.577. The molecular weight excluding hydrogens is 286 g/mol. The summed E-state index contributed by atoms with van der Waals surface area (Å²) in [5.74, 6) is 0.371. The maximum atomic E-state index is 11.6. The summed E-state index contributed by atoms with van der Waals surface area (Å²) in [7, 11) is -1.60. The fourth-order valence-electron chi connectivity index (χ4n) is 2.27. The van der Waals surface area contributed by atoms with Crippen LogP contribution in [0, 0.1) is 0 Å².